The Balaban J connectivity index is 1.58. The van der Waals surface area contributed by atoms with Crippen LogP contribution < -0.4 is 0 Å². The van der Waals surface area contributed by atoms with Crippen LogP contribution in [0.15, 0.2) is 71.3 Å². The van der Waals surface area contributed by atoms with Crippen molar-refractivity contribution < 1.29 is 0 Å². The molecular formula is C27H23N3. The van der Waals surface area contributed by atoms with E-state index < -0.39 is 0 Å². The normalized spacial score (nSPS) is 25.7. The number of nitriles is 2. The Kier molecular flexibility index (Phi) is 4.61. The molecule has 0 aliphatic heterocycles. The third-order valence-corrected chi connectivity index (χ3v) is 7.02. The smallest absolute Gasteiger partial charge is 0.192 e. The number of benzene rings is 2. The molecule has 2 unspecified atom stereocenters. The van der Waals surface area contributed by atoms with Gasteiger partial charge in [0.25, 0.3) is 0 Å². The molecule has 2 atom stereocenters. The van der Waals surface area contributed by atoms with Crippen LogP contribution in [0.5, 0.6) is 0 Å². The van der Waals surface area contributed by atoms with Gasteiger partial charge in [-0.3, -0.25) is 0 Å². The Hall–Kier alpha value is -3.43. The van der Waals surface area contributed by atoms with Gasteiger partial charge in [0.05, 0.1) is 17.3 Å². The minimum absolute atomic E-state index is 0.0725. The Labute approximate surface area is 177 Å². The number of nitrogens with zero attached hydrogens (tertiary/aromatic N) is 3. The number of aliphatic imine (C=N–C) groups is 1. The van der Waals surface area contributed by atoms with E-state index in [2.05, 4.69) is 53.7 Å². The van der Waals surface area contributed by atoms with Crippen LogP contribution in [0.25, 0.3) is 11.1 Å². The summed E-state index contributed by atoms with van der Waals surface area (Å²) in [6.45, 7) is 0. The van der Waals surface area contributed by atoms with Crippen LogP contribution in [0, 0.1) is 34.1 Å². The standard InChI is InChI=1S/C27H23N3/c28-17-19-5-3-8-21(13-19)22-10-11-24-16-27(26(30-18-29)25(24)14-22)12-4-9-20-6-1-2-7-23(20)15-27/h1-3,5,7-8,10-11,13-14,20H,4,6,9,12,15-16H2. The number of fused-ring (bicyclic) bond motifs is 2. The van der Waals surface area contributed by atoms with Gasteiger partial charge in [0.2, 0.25) is 6.19 Å². The molecule has 3 heteroatoms. The van der Waals surface area contributed by atoms with Crippen molar-refractivity contribution in [2.45, 2.75) is 38.5 Å². The van der Waals surface area contributed by atoms with Gasteiger partial charge in [-0.15, -0.1) is 0 Å². The maximum absolute atomic E-state index is 9.52. The van der Waals surface area contributed by atoms with Crippen LogP contribution in [0.4, 0.5) is 0 Å². The fraction of sp³-hybridized carbons (Fsp3) is 0.296. The molecule has 0 bridgehead atoms. The van der Waals surface area contributed by atoms with Crippen LogP contribution in [0.1, 0.15) is 48.8 Å². The molecule has 1 saturated carbocycles. The molecule has 2 aromatic rings. The van der Waals surface area contributed by atoms with Crippen molar-refractivity contribution in [1.29, 1.82) is 10.5 Å². The van der Waals surface area contributed by atoms with Crippen molar-refractivity contribution in [3.8, 4) is 23.4 Å². The summed E-state index contributed by atoms with van der Waals surface area (Å²) in [4.78, 5) is 4.41. The highest BCUT2D eigenvalue weighted by atomic mass is 14.8. The summed E-state index contributed by atoms with van der Waals surface area (Å²) >= 11 is 0. The lowest BCUT2D eigenvalue weighted by molar-refractivity contribution is 0.395. The predicted molar refractivity (Wildman–Crippen MR) is 119 cm³/mol. The number of hydrogen-bond acceptors (Lipinski definition) is 3. The fourth-order valence-electron chi connectivity index (χ4n) is 5.61. The molecule has 0 heterocycles. The van der Waals surface area contributed by atoms with Gasteiger partial charge >= 0.3 is 0 Å². The van der Waals surface area contributed by atoms with Crippen molar-refractivity contribution in [3.63, 3.8) is 0 Å². The molecule has 3 aliphatic carbocycles. The first-order valence-corrected chi connectivity index (χ1v) is 10.7. The molecular weight excluding hydrogens is 366 g/mol. The largest absolute Gasteiger partial charge is 0.205 e. The Morgan fingerprint density at radius 1 is 1.03 bits per heavy atom. The summed E-state index contributed by atoms with van der Waals surface area (Å²) in [5.74, 6) is 0.644. The van der Waals surface area contributed by atoms with Crippen molar-refractivity contribution in [2.24, 2.45) is 16.3 Å². The van der Waals surface area contributed by atoms with Gasteiger partial charge in [-0.2, -0.15) is 15.5 Å². The first kappa shape index (κ1) is 18.6. The van der Waals surface area contributed by atoms with Crippen LogP contribution >= 0.6 is 0 Å². The zero-order valence-corrected chi connectivity index (χ0v) is 16.9. The number of hydrogen-bond donors (Lipinski definition) is 0. The van der Waals surface area contributed by atoms with E-state index in [0.29, 0.717) is 11.5 Å². The minimum atomic E-state index is -0.0725. The van der Waals surface area contributed by atoms with Crippen LogP contribution in [-0.2, 0) is 6.42 Å². The van der Waals surface area contributed by atoms with Gasteiger partial charge in [0, 0.05) is 11.0 Å². The molecule has 1 spiro atoms. The molecule has 2 aromatic carbocycles. The maximum Gasteiger partial charge on any atom is 0.205 e. The van der Waals surface area contributed by atoms with Crippen molar-refractivity contribution in [2.75, 3.05) is 0 Å². The maximum atomic E-state index is 9.52. The molecule has 1 fully saturated rings. The lowest BCUT2D eigenvalue weighted by Crippen LogP contribution is -2.29. The number of allylic oxidation sites excluding steroid dienone is 4. The lowest BCUT2D eigenvalue weighted by atomic mass is 9.74. The van der Waals surface area contributed by atoms with E-state index in [9.17, 15) is 10.5 Å². The summed E-state index contributed by atoms with van der Waals surface area (Å²) < 4.78 is 0. The summed E-state index contributed by atoms with van der Waals surface area (Å²) in [6.07, 6.45) is 15.4. The van der Waals surface area contributed by atoms with E-state index in [1.54, 1.807) is 0 Å². The van der Waals surface area contributed by atoms with Crippen LogP contribution in [-0.4, -0.2) is 5.71 Å². The zero-order valence-electron chi connectivity index (χ0n) is 16.9. The monoisotopic (exact) mass is 389 g/mol. The topological polar surface area (TPSA) is 59.9 Å². The number of rotatable bonds is 1. The van der Waals surface area contributed by atoms with Gasteiger partial charge in [-0.1, -0.05) is 54.5 Å². The fourth-order valence-corrected chi connectivity index (χ4v) is 5.61. The lowest BCUT2D eigenvalue weighted by Gasteiger charge is -2.30. The Bertz CT molecular complexity index is 1190. The molecule has 0 saturated heterocycles. The van der Waals surface area contributed by atoms with Crippen molar-refractivity contribution in [3.05, 3.63) is 83.0 Å². The molecule has 146 valence electrons. The predicted octanol–water partition coefficient (Wildman–Crippen LogP) is 6.11. The third-order valence-electron chi connectivity index (χ3n) is 7.02. The van der Waals surface area contributed by atoms with E-state index in [1.807, 2.05) is 24.3 Å². The second-order valence-corrected chi connectivity index (χ2v) is 8.75. The van der Waals surface area contributed by atoms with Gasteiger partial charge in [0.15, 0.2) is 0 Å². The van der Waals surface area contributed by atoms with Gasteiger partial charge in [-0.05, 0) is 72.9 Å². The average Bonchev–Trinajstić information content (AvgIpc) is 2.94. The molecule has 3 nitrogen and oxygen atoms in total. The minimum Gasteiger partial charge on any atom is -0.192 e. The van der Waals surface area contributed by atoms with Gasteiger partial charge < -0.3 is 0 Å². The highest BCUT2D eigenvalue weighted by Crippen LogP contribution is 2.51. The second-order valence-electron chi connectivity index (χ2n) is 8.75. The molecule has 3 aliphatic rings. The third kappa shape index (κ3) is 3.08. The van der Waals surface area contributed by atoms with E-state index in [4.69, 9.17) is 0 Å². The quantitative estimate of drug-likeness (QED) is 0.552. The van der Waals surface area contributed by atoms with E-state index in [1.165, 1.54) is 24.0 Å². The van der Waals surface area contributed by atoms with Gasteiger partial charge in [-0.25, -0.2) is 0 Å². The summed E-state index contributed by atoms with van der Waals surface area (Å²) in [6, 6.07) is 16.4. The van der Waals surface area contributed by atoms with E-state index in [0.717, 1.165) is 48.1 Å². The molecule has 0 aromatic heterocycles. The Morgan fingerprint density at radius 3 is 2.80 bits per heavy atom. The highest BCUT2D eigenvalue weighted by Gasteiger charge is 2.45. The molecule has 30 heavy (non-hydrogen) atoms. The SMILES string of the molecule is N#CN=C1c2cc(-c3cccc(C#N)c3)ccc2CC12CCCC1CC=CC=C1C2. The highest BCUT2D eigenvalue weighted by molar-refractivity contribution is 6.10. The summed E-state index contributed by atoms with van der Waals surface area (Å²) in [7, 11) is 0. The molecule has 5 rings (SSSR count). The Morgan fingerprint density at radius 2 is 1.93 bits per heavy atom. The van der Waals surface area contributed by atoms with Crippen molar-refractivity contribution >= 4 is 5.71 Å². The first-order valence-electron chi connectivity index (χ1n) is 10.7. The van der Waals surface area contributed by atoms with Crippen molar-refractivity contribution in [1.82, 2.24) is 0 Å². The summed E-state index contributed by atoms with van der Waals surface area (Å²) in [5.41, 5.74) is 7.57. The zero-order chi connectivity index (χ0) is 20.6. The van der Waals surface area contributed by atoms with E-state index in [-0.39, 0.29) is 5.41 Å². The van der Waals surface area contributed by atoms with Gasteiger partial charge in [0.1, 0.15) is 0 Å². The molecule has 0 N–H and O–H groups in total. The molecule has 0 amide bonds. The molecule has 0 radical (unpaired) electrons. The van der Waals surface area contributed by atoms with Crippen LogP contribution in [0.3, 0.4) is 0 Å². The summed E-state index contributed by atoms with van der Waals surface area (Å²) in [5, 5.41) is 18.8. The van der Waals surface area contributed by atoms with E-state index >= 15 is 0 Å². The van der Waals surface area contributed by atoms with Crippen LogP contribution in [0.2, 0.25) is 0 Å². The average molecular weight is 390 g/mol. The second kappa shape index (κ2) is 7.43. The first-order chi connectivity index (χ1) is 14.7.